The van der Waals surface area contributed by atoms with Crippen molar-refractivity contribution in [2.45, 2.75) is 12.5 Å². The summed E-state index contributed by atoms with van der Waals surface area (Å²) in [6.45, 7) is 0.128. The molecule has 3 aromatic carbocycles. The number of rotatable bonds is 7. The van der Waals surface area contributed by atoms with Crippen LogP contribution in [0.1, 0.15) is 5.56 Å². The maximum atomic E-state index is 12.3. The largest absolute Gasteiger partial charge is 0.462 e. The fourth-order valence-corrected chi connectivity index (χ4v) is 3.48. The van der Waals surface area contributed by atoms with E-state index in [1.807, 2.05) is 48.5 Å². The molecule has 0 spiro atoms. The average Bonchev–Trinajstić information content (AvgIpc) is 3.47. The van der Waals surface area contributed by atoms with E-state index in [9.17, 15) is 9.59 Å². The number of imidazole rings is 1. The van der Waals surface area contributed by atoms with Gasteiger partial charge in [0.15, 0.2) is 5.76 Å². The van der Waals surface area contributed by atoms with E-state index in [0.717, 1.165) is 16.6 Å². The second kappa shape index (κ2) is 7.40. The molecule has 1 unspecified atom stereocenters. The number of aromatic amines is 1. The van der Waals surface area contributed by atoms with Crippen molar-refractivity contribution in [2.24, 2.45) is 0 Å². The zero-order chi connectivity index (χ0) is 20.5. The van der Waals surface area contributed by atoms with Crippen LogP contribution in [0, 0.1) is 0 Å². The fraction of sp³-hybridized carbons (Fsp3) is 0.136. The Morgan fingerprint density at radius 2 is 1.90 bits per heavy atom. The normalized spacial score (nSPS) is 14.2. The first kappa shape index (κ1) is 18.0. The lowest BCUT2D eigenvalue weighted by molar-refractivity contribution is 0.0764. The highest BCUT2D eigenvalue weighted by molar-refractivity contribution is 5.84. The van der Waals surface area contributed by atoms with Crippen LogP contribution in [0.3, 0.4) is 0 Å². The Morgan fingerprint density at radius 3 is 2.70 bits per heavy atom. The first-order valence-corrected chi connectivity index (χ1v) is 9.47. The summed E-state index contributed by atoms with van der Waals surface area (Å²) in [5, 5.41) is 6.23. The Morgan fingerprint density at radius 1 is 1.07 bits per heavy atom. The molecule has 0 radical (unpaired) electrons. The molecule has 8 nitrogen and oxygen atoms in total. The maximum Gasteiger partial charge on any atom is 0.253 e. The SMILES string of the molecule is O=c1c(Nc2ccc3[nH]cnc3c2)c(NC(Cc2ccccc2)C2=COCO2)c1=O. The van der Waals surface area contributed by atoms with Gasteiger partial charge in [0.05, 0.1) is 23.4 Å². The quantitative estimate of drug-likeness (QED) is 0.408. The van der Waals surface area contributed by atoms with E-state index in [1.54, 1.807) is 6.33 Å². The zero-order valence-electron chi connectivity index (χ0n) is 15.8. The molecular formula is C22H18N4O4. The van der Waals surface area contributed by atoms with E-state index < -0.39 is 10.9 Å². The molecule has 0 saturated heterocycles. The summed E-state index contributed by atoms with van der Waals surface area (Å²) in [6, 6.07) is 14.9. The van der Waals surface area contributed by atoms with Crippen molar-refractivity contribution in [3.63, 3.8) is 0 Å². The molecule has 0 fully saturated rings. The Kier molecular flexibility index (Phi) is 4.44. The Balaban J connectivity index is 1.42. The molecular weight excluding hydrogens is 384 g/mol. The third kappa shape index (κ3) is 3.28. The van der Waals surface area contributed by atoms with Gasteiger partial charge in [-0.3, -0.25) is 9.59 Å². The molecule has 5 rings (SSSR count). The van der Waals surface area contributed by atoms with Crippen LogP contribution in [0.25, 0.3) is 11.0 Å². The summed E-state index contributed by atoms with van der Waals surface area (Å²) < 4.78 is 10.7. The van der Waals surface area contributed by atoms with Gasteiger partial charge in [-0.2, -0.15) is 0 Å². The monoisotopic (exact) mass is 402 g/mol. The van der Waals surface area contributed by atoms with Gasteiger partial charge in [0.2, 0.25) is 6.79 Å². The third-order valence-electron chi connectivity index (χ3n) is 5.04. The Hall–Kier alpha value is -4.07. The molecule has 30 heavy (non-hydrogen) atoms. The first-order valence-electron chi connectivity index (χ1n) is 9.47. The van der Waals surface area contributed by atoms with E-state index in [-0.39, 0.29) is 24.2 Å². The molecule has 4 aromatic rings. The number of benzene rings is 2. The van der Waals surface area contributed by atoms with Crippen LogP contribution in [0.15, 0.2) is 76.5 Å². The molecule has 0 amide bonds. The number of hydrogen-bond donors (Lipinski definition) is 3. The van der Waals surface area contributed by atoms with Gasteiger partial charge < -0.3 is 25.1 Å². The number of fused-ring (bicyclic) bond motifs is 1. The van der Waals surface area contributed by atoms with Crippen molar-refractivity contribution in [2.75, 3.05) is 17.4 Å². The Labute approximate surface area is 170 Å². The molecule has 1 aliphatic rings. The third-order valence-corrected chi connectivity index (χ3v) is 5.04. The van der Waals surface area contributed by atoms with E-state index in [0.29, 0.717) is 17.9 Å². The number of anilines is 3. The van der Waals surface area contributed by atoms with Gasteiger partial charge in [-0.25, -0.2) is 4.98 Å². The summed E-state index contributed by atoms with van der Waals surface area (Å²) in [5.41, 5.74) is 2.72. The van der Waals surface area contributed by atoms with Crippen LogP contribution in [0.5, 0.6) is 0 Å². The lowest BCUT2D eigenvalue weighted by atomic mass is 10.0. The van der Waals surface area contributed by atoms with Gasteiger partial charge in [-0.1, -0.05) is 30.3 Å². The smallest absolute Gasteiger partial charge is 0.253 e. The van der Waals surface area contributed by atoms with Crippen LogP contribution < -0.4 is 21.5 Å². The predicted molar refractivity (Wildman–Crippen MR) is 113 cm³/mol. The molecule has 0 aliphatic carbocycles. The average molecular weight is 402 g/mol. The number of H-pyrrole nitrogens is 1. The van der Waals surface area contributed by atoms with Crippen molar-refractivity contribution in [3.05, 3.63) is 92.9 Å². The van der Waals surface area contributed by atoms with Crippen molar-refractivity contribution >= 4 is 28.1 Å². The molecule has 3 N–H and O–H groups in total. The van der Waals surface area contributed by atoms with Gasteiger partial charge in [0, 0.05) is 5.69 Å². The highest BCUT2D eigenvalue weighted by Gasteiger charge is 2.27. The number of hydrogen-bond acceptors (Lipinski definition) is 7. The second-order valence-electron chi connectivity index (χ2n) is 7.00. The minimum atomic E-state index is -0.560. The van der Waals surface area contributed by atoms with Crippen molar-refractivity contribution < 1.29 is 9.47 Å². The van der Waals surface area contributed by atoms with Crippen LogP contribution in [0.4, 0.5) is 17.1 Å². The van der Waals surface area contributed by atoms with Gasteiger partial charge >= 0.3 is 0 Å². The summed E-state index contributed by atoms with van der Waals surface area (Å²) in [7, 11) is 0. The number of aromatic nitrogens is 2. The van der Waals surface area contributed by atoms with E-state index in [4.69, 9.17) is 9.47 Å². The molecule has 0 saturated carbocycles. The lowest BCUT2D eigenvalue weighted by Crippen LogP contribution is -2.40. The van der Waals surface area contributed by atoms with Crippen LogP contribution in [-0.4, -0.2) is 22.8 Å². The summed E-state index contributed by atoms with van der Waals surface area (Å²) in [5.74, 6) is 0.579. The van der Waals surface area contributed by atoms with E-state index in [2.05, 4.69) is 20.6 Å². The minimum absolute atomic E-state index is 0.128. The van der Waals surface area contributed by atoms with Crippen LogP contribution >= 0.6 is 0 Å². The number of nitrogens with zero attached hydrogens (tertiary/aromatic N) is 1. The van der Waals surface area contributed by atoms with Crippen LogP contribution in [-0.2, 0) is 15.9 Å². The molecule has 2 heterocycles. The van der Waals surface area contributed by atoms with Gasteiger partial charge in [0.25, 0.3) is 10.9 Å². The van der Waals surface area contributed by atoms with E-state index >= 15 is 0 Å². The molecule has 0 bridgehead atoms. The standard InChI is InChI=1S/C22H18N4O4/c27-21-19(25-14-6-7-15-16(9-14)24-11-23-15)20(22(21)28)26-17(18-10-29-12-30-18)8-13-4-2-1-3-5-13/h1-7,9-11,17,25-26H,8,12H2,(H,23,24). The molecule has 1 aromatic heterocycles. The molecule has 1 aliphatic heterocycles. The molecule has 8 heteroatoms. The van der Waals surface area contributed by atoms with Gasteiger partial charge in [-0.15, -0.1) is 0 Å². The van der Waals surface area contributed by atoms with Crippen LogP contribution in [0.2, 0.25) is 0 Å². The second-order valence-corrected chi connectivity index (χ2v) is 7.00. The minimum Gasteiger partial charge on any atom is -0.462 e. The Bertz CT molecular complexity index is 1300. The maximum absolute atomic E-state index is 12.3. The van der Waals surface area contributed by atoms with Crippen molar-refractivity contribution in [1.82, 2.24) is 9.97 Å². The highest BCUT2D eigenvalue weighted by atomic mass is 16.7. The topological polar surface area (TPSA) is 105 Å². The zero-order valence-corrected chi connectivity index (χ0v) is 15.8. The summed E-state index contributed by atoms with van der Waals surface area (Å²) >= 11 is 0. The van der Waals surface area contributed by atoms with Gasteiger partial charge in [0.1, 0.15) is 17.6 Å². The molecule has 1 atom stereocenters. The predicted octanol–water partition coefficient (Wildman–Crippen LogP) is 2.77. The first-order chi connectivity index (χ1) is 14.7. The number of nitrogens with one attached hydrogen (secondary N) is 3. The number of ether oxygens (including phenoxy) is 2. The molecule has 150 valence electrons. The van der Waals surface area contributed by atoms with E-state index in [1.165, 1.54) is 6.26 Å². The highest BCUT2D eigenvalue weighted by Crippen LogP contribution is 2.26. The van der Waals surface area contributed by atoms with Crippen molar-refractivity contribution in [3.8, 4) is 0 Å². The fourth-order valence-electron chi connectivity index (χ4n) is 3.48. The lowest BCUT2D eigenvalue weighted by Gasteiger charge is -2.22. The summed E-state index contributed by atoms with van der Waals surface area (Å²) in [6.07, 6.45) is 3.70. The van der Waals surface area contributed by atoms with Crippen molar-refractivity contribution in [1.29, 1.82) is 0 Å². The summed E-state index contributed by atoms with van der Waals surface area (Å²) in [4.78, 5) is 31.8. The van der Waals surface area contributed by atoms with Gasteiger partial charge in [-0.05, 0) is 30.2 Å².